The minimum Gasteiger partial charge on any atom is -0.354 e. The maximum absolute atomic E-state index is 11.5. The van der Waals surface area contributed by atoms with Crippen LogP contribution in [0.25, 0.3) is 0 Å². The zero-order valence-electron chi connectivity index (χ0n) is 9.71. The van der Waals surface area contributed by atoms with Crippen molar-refractivity contribution in [2.75, 3.05) is 0 Å². The zero-order chi connectivity index (χ0) is 12.1. The predicted molar refractivity (Wildman–Crippen MR) is 61.9 cm³/mol. The number of aryl methyl sites for hydroxylation is 2. The highest BCUT2D eigenvalue weighted by Crippen LogP contribution is 1.94. The molecule has 2 aromatic rings. The van der Waals surface area contributed by atoms with Crippen molar-refractivity contribution >= 4 is 5.91 Å². The molecule has 2 aromatic heterocycles. The molecule has 90 valence electrons. The van der Waals surface area contributed by atoms with Crippen molar-refractivity contribution < 1.29 is 4.79 Å². The van der Waals surface area contributed by atoms with Gasteiger partial charge in [0.1, 0.15) is 5.69 Å². The fourth-order valence-electron chi connectivity index (χ4n) is 1.50. The van der Waals surface area contributed by atoms with Crippen LogP contribution < -0.4 is 5.32 Å². The average molecular weight is 233 g/mol. The van der Waals surface area contributed by atoms with Gasteiger partial charge in [-0.2, -0.15) is 0 Å². The van der Waals surface area contributed by atoms with Crippen molar-refractivity contribution in [3.05, 3.63) is 36.4 Å². The third-order valence-electron chi connectivity index (χ3n) is 2.38. The monoisotopic (exact) mass is 233 g/mol. The molecule has 0 aliphatic heterocycles. The molecule has 0 saturated heterocycles. The van der Waals surface area contributed by atoms with Gasteiger partial charge in [0, 0.05) is 38.6 Å². The number of amides is 1. The van der Waals surface area contributed by atoms with E-state index in [9.17, 15) is 4.79 Å². The van der Waals surface area contributed by atoms with Gasteiger partial charge in [-0.1, -0.05) is 5.21 Å². The number of rotatable bonds is 5. The van der Waals surface area contributed by atoms with Crippen LogP contribution in [0.2, 0.25) is 0 Å². The van der Waals surface area contributed by atoms with Gasteiger partial charge in [-0.15, -0.1) is 5.10 Å². The molecule has 6 heteroatoms. The van der Waals surface area contributed by atoms with Gasteiger partial charge in [-0.3, -0.25) is 9.48 Å². The molecule has 0 spiro atoms. The van der Waals surface area contributed by atoms with Crippen LogP contribution in [0.5, 0.6) is 0 Å². The lowest BCUT2D eigenvalue weighted by Crippen LogP contribution is -2.23. The van der Waals surface area contributed by atoms with E-state index in [1.54, 1.807) is 17.9 Å². The number of aromatic nitrogens is 4. The van der Waals surface area contributed by atoms with Gasteiger partial charge in [0.2, 0.25) is 5.91 Å². The Kier molecular flexibility index (Phi) is 3.54. The van der Waals surface area contributed by atoms with Crippen molar-refractivity contribution in [1.82, 2.24) is 24.9 Å². The number of nitrogens with one attached hydrogen (secondary N) is 1. The molecule has 0 radical (unpaired) electrons. The van der Waals surface area contributed by atoms with Crippen LogP contribution in [-0.2, 0) is 24.9 Å². The van der Waals surface area contributed by atoms with Crippen LogP contribution in [0.3, 0.4) is 0 Å². The third-order valence-corrected chi connectivity index (χ3v) is 2.38. The van der Waals surface area contributed by atoms with Gasteiger partial charge < -0.3 is 9.88 Å². The smallest absolute Gasteiger partial charge is 0.222 e. The summed E-state index contributed by atoms with van der Waals surface area (Å²) in [6.45, 7) is 1.12. The minimum atomic E-state index is 0.0179. The fourth-order valence-corrected chi connectivity index (χ4v) is 1.50. The first-order valence-electron chi connectivity index (χ1n) is 5.47. The molecule has 6 nitrogen and oxygen atoms in total. The first kappa shape index (κ1) is 11.4. The number of carbonyl (C=O) groups excluding carboxylic acids is 1. The van der Waals surface area contributed by atoms with E-state index in [1.165, 1.54) is 0 Å². The summed E-state index contributed by atoms with van der Waals surface area (Å²) in [6.07, 6.45) is 6.13. The van der Waals surface area contributed by atoms with E-state index in [1.807, 2.05) is 29.1 Å². The summed E-state index contributed by atoms with van der Waals surface area (Å²) >= 11 is 0. The summed E-state index contributed by atoms with van der Waals surface area (Å²) in [4.78, 5) is 11.5. The summed E-state index contributed by atoms with van der Waals surface area (Å²) in [5, 5.41) is 10.5. The standard InChI is InChI=1S/C11H15N5O/c1-15-9-10(13-14-15)8-12-11(17)4-7-16-5-2-3-6-16/h2-3,5-6,9H,4,7-8H2,1H3,(H,12,17). The van der Waals surface area contributed by atoms with E-state index in [2.05, 4.69) is 15.6 Å². The van der Waals surface area contributed by atoms with Crippen molar-refractivity contribution in [3.8, 4) is 0 Å². The Labute approximate surface area is 99.2 Å². The van der Waals surface area contributed by atoms with E-state index >= 15 is 0 Å². The minimum absolute atomic E-state index is 0.0179. The van der Waals surface area contributed by atoms with Gasteiger partial charge in [-0.25, -0.2) is 0 Å². The van der Waals surface area contributed by atoms with Crippen LogP contribution in [0.1, 0.15) is 12.1 Å². The quantitative estimate of drug-likeness (QED) is 0.809. The van der Waals surface area contributed by atoms with Gasteiger partial charge in [0.05, 0.1) is 6.54 Å². The Morgan fingerprint density at radius 1 is 1.41 bits per heavy atom. The van der Waals surface area contributed by atoms with Crippen molar-refractivity contribution in [2.45, 2.75) is 19.5 Å². The Hall–Kier alpha value is -2.11. The number of carbonyl (C=O) groups is 1. The maximum Gasteiger partial charge on any atom is 0.222 e. The summed E-state index contributed by atoms with van der Waals surface area (Å²) in [5.41, 5.74) is 0.766. The van der Waals surface area contributed by atoms with E-state index < -0.39 is 0 Å². The lowest BCUT2D eigenvalue weighted by atomic mass is 10.3. The lowest BCUT2D eigenvalue weighted by Gasteiger charge is -2.03. The Morgan fingerprint density at radius 2 is 2.18 bits per heavy atom. The number of nitrogens with zero attached hydrogens (tertiary/aromatic N) is 4. The Morgan fingerprint density at radius 3 is 2.82 bits per heavy atom. The van der Waals surface area contributed by atoms with Crippen LogP contribution >= 0.6 is 0 Å². The second kappa shape index (κ2) is 5.29. The molecular weight excluding hydrogens is 218 g/mol. The lowest BCUT2D eigenvalue weighted by molar-refractivity contribution is -0.121. The van der Waals surface area contributed by atoms with Crippen molar-refractivity contribution in [2.24, 2.45) is 7.05 Å². The molecule has 0 atom stereocenters. The largest absolute Gasteiger partial charge is 0.354 e. The molecule has 0 unspecified atom stereocenters. The Balaban J connectivity index is 1.71. The first-order chi connectivity index (χ1) is 8.24. The van der Waals surface area contributed by atoms with Gasteiger partial charge in [-0.05, 0) is 12.1 Å². The summed E-state index contributed by atoms with van der Waals surface area (Å²) in [7, 11) is 1.80. The van der Waals surface area contributed by atoms with Crippen molar-refractivity contribution in [1.29, 1.82) is 0 Å². The molecule has 1 N–H and O–H groups in total. The molecule has 0 bridgehead atoms. The highest BCUT2D eigenvalue weighted by Gasteiger charge is 2.03. The van der Waals surface area contributed by atoms with Crippen LogP contribution in [0, 0.1) is 0 Å². The topological polar surface area (TPSA) is 64.7 Å². The van der Waals surface area contributed by atoms with E-state index in [-0.39, 0.29) is 5.91 Å². The van der Waals surface area contributed by atoms with E-state index in [4.69, 9.17) is 0 Å². The van der Waals surface area contributed by atoms with Crippen LogP contribution in [0.15, 0.2) is 30.7 Å². The molecule has 0 aliphatic rings. The number of hydrogen-bond donors (Lipinski definition) is 1. The van der Waals surface area contributed by atoms with Gasteiger partial charge >= 0.3 is 0 Å². The summed E-state index contributed by atoms with van der Waals surface area (Å²) in [5.74, 6) is 0.0179. The molecule has 0 saturated carbocycles. The molecule has 1 amide bonds. The summed E-state index contributed by atoms with van der Waals surface area (Å²) in [6, 6.07) is 3.88. The molecule has 0 aliphatic carbocycles. The highest BCUT2D eigenvalue weighted by molar-refractivity contribution is 5.75. The van der Waals surface area contributed by atoms with Gasteiger partial charge in [0.15, 0.2) is 0 Å². The maximum atomic E-state index is 11.5. The average Bonchev–Trinajstić information content (AvgIpc) is 2.95. The highest BCUT2D eigenvalue weighted by atomic mass is 16.1. The molecule has 0 fully saturated rings. The van der Waals surface area contributed by atoms with Crippen LogP contribution in [-0.4, -0.2) is 25.5 Å². The molecule has 17 heavy (non-hydrogen) atoms. The van der Waals surface area contributed by atoms with E-state index in [0.29, 0.717) is 19.5 Å². The second-order valence-corrected chi connectivity index (χ2v) is 3.83. The SMILES string of the molecule is Cn1cc(CNC(=O)CCn2cccc2)nn1. The fraction of sp³-hybridized carbons (Fsp3) is 0.364. The molecule has 2 rings (SSSR count). The molecule has 0 aromatic carbocycles. The third kappa shape index (κ3) is 3.44. The first-order valence-corrected chi connectivity index (χ1v) is 5.47. The van der Waals surface area contributed by atoms with Crippen molar-refractivity contribution in [3.63, 3.8) is 0 Å². The summed E-state index contributed by atoms with van der Waals surface area (Å²) < 4.78 is 3.59. The predicted octanol–water partition coefficient (Wildman–Crippen LogP) is 0.323. The second-order valence-electron chi connectivity index (χ2n) is 3.83. The molecular formula is C11H15N5O. The van der Waals surface area contributed by atoms with Crippen LogP contribution in [0.4, 0.5) is 0 Å². The Bertz CT molecular complexity index is 474. The number of hydrogen-bond acceptors (Lipinski definition) is 3. The molecule has 2 heterocycles. The normalized spacial score (nSPS) is 10.4. The van der Waals surface area contributed by atoms with Gasteiger partial charge in [0.25, 0.3) is 0 Å². The van der Waals surface area contributed by atoms with E-state index in [0.717, 1.165) is 5.69 Å². The zero-order valence-corrected chi connectivity index (χ0v) is 9.71.